The summed E-state index contributed by atoms with van der Waals surface area (Å²) in [5.41, 5.74) is 0.372. The zero-order chi connectivity index (χ0) is 43.8. The SMILES string of the molecule is COC(=O)C(CCNC(=O)C(=O)Nc1cccc(S(=O)(=O)C2CCCCC2)c1)=NC(=O)c1ccc(Nc2nc(NC3(c4ccc(Cl)cc4)CC3)nc(OCC(F)(F)F)n2)cc1. The van der Waals surface area contributed by atoms with Crippen molar-refractivity contribution in [2.75, 3.05) is 36.2 Å². The van der Waals surface area contributed by atoms with Crippen LogP contribution in [0.4, 0.5) is 36.4 Å². The van der Waals surface area contributed by atoms with Crippen molar-refractivity contribution < 1.29 is 50.2 Å². The van der Waals surface area contributed by atoms with Crippen molar-refractivity contribution in [3.8, 4) is 6.01 Å². The van der Waals surface area contributed by atoms with E-state index in [4.69, 9.17) is 21.1 Å². The van der Waals surface area contributed by atoms with Crippen LogP contribution in [0.1, 0.15) is 67.3 Å². The fourth-order valence-electron chi connectivity index (χ4n) is 6.49. The van der Waals surface area contributed by atoms with Gasteiger partial charge in [0.15, 0.2) is 16.4 Å². The molecule has 0 saturated heterocycles. The Bertz CT molecular complexity index is 2410. The molecule has 0 bridgehead atoms. The maximum Gasteiger partial charge on any atom is 0.422 e. The molecule has 0 atom stereocenters. The van der Waals surface area contributed by atoms with Crippen LogP contribution in [0.3, 0.4) is 0 Å². The van der Waals surface area contributed by atoms with Crippen LogP contribution in [-0.2, 0) is 34.5 Å². The topological polar surface area (TPSA) is 220 Å². The van der Waals surface area contributed by atoms with E-state index in [1.165, 1.54) is 48.5 Å². The minimum Gasteiger partial charge on any atom is -0.465 e. The smallest absolute Gasteiger partial charge is 0.422 e. The predicted octanol–water partition coefficient (Wildman–Crippen LogP) is 6.32. The lowest BCUT2D eigenvalue weighted by Crippen LogP contribution is -2.37. The number of carbonyl (C=O) groups excluding carboxylic acids is 4. The summed E-state index contributed by atoms with van der Waals surface area (Å²) < 4.78 is 74.8. The first kappa shape index (κ1) is 44.4. The van der Waals surface area contributed by atoms with Gasteiger partial charge in [0.05, 0.1) is 22.8 Å². The number of nitrogens with zero attached hydrogens (tertiary/aromatic N) is 4. The van der Waals surface area contributed by atoms with Gasteiger partial charge in [0.25, 0.3) is 5.91 Å². The number of nitrogens with one attached hydrogen (secondary N) is 4. The maximum absolute atomic E-state index is 13.1. The quantitative estimate of drug-likeness (QED) is 0.0585. The Kier molecular flexibility index (Phi) is 13.9. The fourth-order valence-corrected chi connectivity index (χ4v) is 8.51. The maximum atomic E-state index is 13.1. The second kappa shape index (κ2) is 19.1. The molecule has 0 spiro atoms. The first-order chi connectivity index (χ1) is 29.0. The van der Waals surface area contributed by atoms with E-state index in [0.717, 1.165) is 31.9 Å². The van der Waals surface area contributed by atoms with Crippen molar-refractivity contribution in [3.05, 3.63) is 88.9 Å². The van der Waals surface area contributed by atoms with E-state index in [-0.39, 0.29) is 46.7 Å². The summed E-state index contributed by atoms with van der Waals surface area (Å²) in [5.74, 6) is -4.22. The number of anilines is 4. The third kappa shape index (κ3) is 12.0. The Morgan fingerprint density at radius 3 is 2.23 bits per heavy atom. The zero-order valence-corrected chi connectivity index (χ0v) is 34.1. The number of aliphatic imine (C=N–C) groups is 1. The fraction of sp³-hybridized carbons (Fsp3) is 0.350. The van der Waals surface area contributed by atoms with Crippen LogP contribution in [0.25, 0.3) is 0 Å². The molecule has 16 nitrogen and oxygen atoms in total. The first-order valence-electron chi connectivity index (χ1n) is 19.0. The number of rotatable bonds is 15. The highest BCUT2D eigenvalue weighted by atomic mass is 35.5. The van der Waals surface area contributed by atoms with Crippen LogP contribution < -0.4 is 26.0 Å². The van der Waals surface area contributed by atoms with E-state index < -0.39 is 63.1 Å². The van der Waals surface area contributed by atoms with Crippen LogP contribution in [0.15, 0.2) is 82.7 Å². The average molecular weight is 885 g/mol. The number of methoxy groups -OCH3 is 1. The number of hydrogen-bond donors (Lipinski definition) is 4. The summed E-state index contributed by atoms with van der Waals surface area (Å²) in [6.45, 7) is -1.94. The van der Waals surface area contributed by atoms with E-state index in [1.807, 2.05) is 12.1 Å². The van der Waals surface area contributed by atoms with Crippen LogP contribution in [0.2, 0.25) is 5.02 Å². The van der Waals surface area contributed by atoms with Crippen molar-refractivity contribution in [1.82, 2.24) is 20.3 Å². The molecule has 4 N–H and O–H groups in total. The summed E-state index contributed by atoms with van der Waals surface area (Å²) in [4.78, 5) is 67.1. The third-order valence-electron chi connectivity index (χ3n) is 9.79. The number of sulfone groups is 1. The molecule has 1 aromatic heterocycles. The van der Waals surface area contributed by atoms with Gasteiger partial charge in [0, 0.05) is 34.9 Å². The van der Waals surface area contributed by atoms with Crippen molar-refractivity contribution in [3.63, 3.8) is 0 Å². The van der Waals surface area contributed by atoms with Crippen LogP contribution in [-0.4, -0.2) is 84.5 Å². The lowest BCUT2D eigenvalue weighted by molar-refractivity contribution is -0.154. The number of carbonyl (C=O) groups is 4. The first-order valence-corrected chi connectivity index (χ1v) is 21.0. The van der Waals surface area contributed by atoms with E-state index in [0.29, 0.717) is 36.4 Å². The molecule has 2 saturated carbocycles. The Labute approximate surface area is 353 Å². The molecule has 0 radical (unpaired) electrons. The number of hydrogen-bond acceptors (Lipinski definition) is 13. The summed E-state index contributed by atoms with van der Waals surface area (Å²) in [6, 6.07) is 17.7. The standard InChI is InChI=1S/C40H40ClF3N8O8S/c1-59-35(56)31(18-21-45-33(54)34(55)46-28-6-5-9-30(22-28)61(57,58)29-7-3-2-4-8-29)48-32(53)24-10-16-27(17-11-24)47-36-49-37(51-38(50-36)60-23-40(42,43)44)52-39(19-20-39)25-12-14-26(41)15-13-25/h5-6,9-17,22,29H,2-4,7-8,18-21,23H2,1H3,(H,45,54)(H,46,55)(H2,47,49,50,51,52). The summed E-state index contributed by atoms with van der Waals surface area (Å²) in [7, 11) is -2.55. The molecular formula is C40H40ClF3N8O8S. The molecule has 2 fully saturated rings. The van der Waals surface area contributed by atoms with Gasteiger partial charge in [-0.1, -0.05) is 49.1 Å². The van der Waals surface area contributed by atoms with Crippen LogP contribution in [0.5, 0.6) is 6.01 Å². The van der Waals surface area contributed by atoms with Crippen molar-refractivity contribution >= 4 is 74.1 Å². The predicted molar refractivity (Wildman–Crippen MR) is 218 cm³/mol. The Morgan fingerprint density at radius 2 is 1.57 bits per heavy atom. The van der Waals surface area contributed by atoms with E-state index in [9.17, 15) is 40.8 Å². The Morgan fingerprint density at radius 1 is 0.885 bits per heavy atom. The molecule has 61 heavy (non-hydrogen) atoms. The average Bonchev–Trinajstić information content (AvgIpc) is 4.02. The van der Waals surface area contributed by atoms with Gasteiger partial charge in [0.2, 0.25) is 11.9 Å². The minimum atomic E-state index is -4.66. The molecule has 0 unspecified atom stereocenters. The third-order valence-corrected chi connectivity index (χ3v) is 12.3. The van der Waals surface area contributed by atoms with E-state index in [2.05, 4.69) is 41.2 Å². The zero-order valence-electron chi connectivity index (χ0n) is 32.6. The molecule has 0 aliphatic heterocycles. The van der Waals surface area contributed by atoms with Crippen molar-refractivity contribution in [2.24, 2.45) is 4.99 Å². The van der Waals surface area contributed by atoms with Gasteiger partial charge < -0.3 is 30.7 Å². The number of ether oxygens (including phenoxy) is 2. The highest BCUT2D eigenvalue weighted by molar-refractivity contribution is 7.92. The van der Waals surface area contributed by atoms with Gasteiger partial charge in [0.1, 0.15) is 5.71 Å². The summed E-state index contributed by atoms with van der Waals surface area (Å²) in [5, 5.41) is 10.8. The van der Waals surface area contributed by atoms with Crippen molar-refractivity contribution in [1.29, 1.82) is 0 Å². The number of alkyl halides is 3. The van der Waals surface area contributed by atoms with Gasteiger partial charge in [-0.15, -0.1) is 0 Å². The van der Waals surface area contributed by atoms with Gasteiger partial charge in [-0.05, 0) is 85.8 Å². The monoisotopic (exact) mass is 884 g/mol. The highest BCUT2D eigenvalue weighted by Crippen LogP contribution is 2.48. The normalized spacial score (nSPS) is 15.3. The van der Waals surface area contributed by atoms with E-state index >= 15 is 0 Å². The second-order valence-corrected chi connectivity index (χ2v) is 16.9. The molecule has 322 valence electrons. The molecule has 21 heteroatoms. The lowest BCUT2D eigenvalue weighted by atomic mass is 10.0. The van der Waals surface area contributed by atoms with E-state index in [1.54, 1.807) is 12.1 Å². The minimum absolute atomic E-state index is 0.0222. The molecule has 6 rings (SSSR count). The lowest BCUT2D eigenvalue weighted by Gasteiger charge is -2.22. The Hall–Kier alpha value is -6.15. The second-order valence-electron chi connectivity index (χ2n) is 14.2. The molecule has 3 aromatic carbocycles. The number of benzene rings is 3. The largest absolute Gasteiger partial charge is 0.465 e. The highest BCUT2D eigenvalue weighted by Gasteiger charge is 2.45. The van der Waals surface area contributed by atoms with Gasteiger partial charge in [-0.25, -0.2) is 18.2 Å². The molecular weight excluding hydrogens is 845 g/mol. The molecule has 1 heterocycles. The van der Waals surface area contributed by atoms with Crippen LogP contribution >= 0.6 is 11.6 Å². The number of amides is 3. The number of esters is 1. The summed E-state index contributed by atoms with van der Waals surface area (Å²) in [6.07, 6.45) is 0.152. The number of halogens is 4. The molecule has 2 aliphatic carbocycles. The summed E-state index contributed by atoms with van der Waals surface area (Å²) >= 11 is 6.03. The Balaban J connectivity index is 1.07. The molecule has 2 aliphatic rings. The molecule has 4 aromatic rings. The van der Waals surface area contributed by atoms with Crippen molar-refractivity contribution in [2.45, 2.75) is 73.2 Å². The molecule has 3 amide bonds. The van der Waals surface area contributed by atoms with Gasteiger partial charge >= 0.3 is 30.0 Å². The van der Waals surface area contributed by atoms with Gasteiger partial charge in [-0.2, -0.15) is 28.1 Å². The van der Waals surface area contributed by atoms with Crippen LogP contribution in [0, 0.1) is 0 Å². The van der Waals surface area contributed by atoms with Gasteiger partial charge in [-0.3, -0.25) is 14.4 Å². The number of aromatic nitrogens is 3.